The van der Waals surface area contributed by atoms with E-state index in [0.29, 0.717) is 45.8 Å². The molecule has 1 aromatic heterocycles. The summed E-state index contributed by atoms with van der Waals surface area (Å²) in [7, 11) is -3.68. The molecule has 4 rings (SSSR count). The summed E-state index contributed by atoms with van der Waals surface area (Å²) in [4.78, 5) is 26.0. The number of hydrogen-bond acceptors (Lipinski definition) is 7. The van der Waals surface area contributed by atoms with Crippen LogP contribution in [0.3, 0.4) is 0 Å². The van der Waals surface area contributed by atoms with Gasteiger partial charge in [-0.2, -0.15) is 4.31 Å². The van der Waals surface area contributed by atoms with E-state index in [9.17, 15) is 18.0 Å². The number of rotatable bonds is 8. The minimum Gasteiger partial charge on any atom is -0.465 e. The van der Waals surface area contributed by atoms with E-state index in [1.807, 2.05) is 23.6 Å². The van der Waals surface area contributed by atoms with Crippen LogP contribution in [0, 0.1) is 6.92 Å². The molecule has 3 heterocycles. The Morgan fingerprint density at radius 1 is 1.03 bits per heavy atom. The Labute approximate surface area is 224 Å². The normalized spacial score (nSPS) is 18.3. The van der Waals surface area contributed by atoms with Gasteiger partial charge in [-0.1, -0.05) is 18.2 Å². The fourth-order valence-electron chi connectivity index (χ4n) is 5.16. The molecule has 38 heavy (non-hydrogen) atoms. The second-order valence-electron chi connectivity index (χ2n) is 9.40. The predicted octanol–water partition coefficient (Wildman–Crippen LogP) is 2.85. The highest BCUT2D eigenvalue weighted by Gasteiger charge is 2.31. The van der Waals surface area contributed by atoms with Crippen molar-refractivity contribution in [2.75, 3.05) is 46.0 Å². The summed E-state index contributed by atoms with van der Waals surface area (Å²) in [6.07, 6.45) is 8.72. The van der Waals surface area contributed by atoms with Gasteiger partial charge in [0, 0.05) is 49.6 Å². The monoisotopic (exact) mass is 547 g/mol. The first kappa shape index (κ1) is 28.1. The Morgan fingerprint density at radius 2 is 1.76 bits per heavy atom. The van der Waals surface area contributed by atoms with Gasteiger partial charge >= 0.3 is 12.1 Å². The van der Waals surface area contributed by atoms with Gasteiger partial charge in [-0.25, -0.2) is 13.2 Å². The summed E-state index contributed by atoms with van der Waals surface area (Å²) in [6, 6.07) is 0. The highest BCUT2D eigenvalue weighted by Crippen LogP contribution is 2.31. The van der Waals surface area contributed by atoms with Gasteiger partial charge in [0.2, 0.25) is 10.0 Å². The van der Waals surface area contributed by atoms with Gasteiger partial charge in [-0.05, 0) is 50.8 Å². The molecule has 11 heteroatoms. The van der Waals surface area contributed by atoms with E-state index in [0.717, 1.165) is 34.5 Å². The van der Waals surface area contributed by atoms with Crippen LogP contribution in [0.25, 0.3) is 0 Å². The number of nitrogens with zero attached hydrogens (tertiary/aromatic N) is 3. The molecule has 208 valence electrons. The Morgan fingerprint density at radius 3 is 2.47 bits per heavy atom. The number of carbonyl (C=O) groups excluding carboxylic acids is 2. The van der Waals surface area contributed by atoms with Crippen molar-refractivity contribution in [3.05, 3.63) is 57.3 Å². The number of hydrogen-bond donors (Lipinski definition) is 0. The molecule has 10 nitrogen and oxygen atoms in total. The number of amides is 1. The van der Waals surface area contributed by atoms with Crippen molar-refractivity contribution >= 4 is 22.1 Å². The molecule has 1 fully saturated rings. The molecule has 0 aromatic carbocycles. The molecule has 3 aliphatic rings. The largest absolute Gasteiger partial charge is 0.465 e. The average Bonchev–Trinajstić information content (AvgIpc) is 3.05. The lowest BCUT2D eigenvalue weighted by molar-refractivity contribution is -0.143. The molecule has 0 saturated carbocycles. The van der Waals surface area contributed by atoms with E-state index < -0.39 is 16.1 Å². The zero-order valence-corrected chi connectivity index (χ0v) is 23.2. The first-order valence-electron chi connectivity index (χ1n) is 13.2. The van der Waals surface area contributed by atoms with Crippen molar-refractivity contribution in [1.29, 1.82) is 0 Å². The molecular weight excluding hydrogens is 510 g/mol. The third-order valence-electron chi connectivity index (χ3n) is 7.15. The standard InChI is InChI=1S/C27H37N3O7S/c1-4-36-26(31)18-30-20(3)23(24-19-35-16-11-25(24)30)17-21-7-6-8-22(10-9-21)38(33,34)29-14-12-28(13-15-29)27(32)37-5-2/h7-10H,4-6,11-19H2,1-3H3. The van der Waals surface area contributed by atoms with E-state index in [-0.39, 0.29) is 37.1 Å². The Bertz CT molecular complexity index is 1250. The SMILES string of the molecule is CCOC(=O)Cn1c(C)c(CC2=CCC=C(S(=O)(=O)N3CCN(C(=O)OCC)CC3)C=C2)c2c1CCOC2. The summed E-state index contributed by atoms with van der Waals surface area (Å²) >= 11 is 0. The third-order valence-corrected chi connectivity index (χ3v) is 9.09. The zero-order chi connectivity index (χ0) is 27.3. The fourth-order valence-corrected chi connectivity index (χ4v) is 6.65. The number of aromatic nitrogens is 1. The number of esters is 1. The molecule has 1 amide bonds. The van der Waals surface area contributed by atoms with E-state index >= 15 is 0 Å². The second kappa shape index (κ2) is 12.3. The maximum Gasteiger partial charge on any atom is 0.409 e. The lowest BCUT2D eigenvalue weighted by Crippen LogP contribution is -2.50. The Balaban J connectivity index is 1.47. The molecule has 0 spiro atoms. The van der Waals surface area contributed by atoms with E-state index in [4.69, 9.17) is 14.2 Å². The number of carbonyl (C=O) groups is 2. The fraction of sp³-hybridized carbons (Fsp3) is 0.556. The van der Waals surface area contributed by atoms with Gasteiger partial charge in [0.05, 0.1) is 31.3 Å². The first-order chi connectivity index (χ1) is 18.3. The lowest BCUT2D eigenvalue weighted by Gasteiger charge is -2.33. The number of piperazine rings is 1. The van der Waals surface area contributed by atoms with Crippen LogP contribution in [0.2, 0.25) is 0 Å². The predicted molar refractivity (Wildman–Crippen MR) is 142 cm³/mol. The summed E-state index contributed by atoms with van der Waals surface area (Å²) in [6.45, 7) is 8.51. The maximum atomic E-state index is 13.4. The van der Waals surface area contributed by atoms with Gasteiger partial charge in [-0.15, -0.1) is 0 Å². The van der Waals surface area contributed by atoms with Crippen LogP contribution in [0.4, 0.5) is 4.79 Å². The number of allylic oxidation sites excluding steroid dienone is 5. The smallest absolute Gasteiger partial charge is 0.409 e. The van der Waals surface area contributed by atoms with E-state index in [2.05, 4.69) is 0 Å². The molecule has 2 aliphatic heterocycles. The third kappa shape index (κ3) is 6.05. The maximum absolute atomic E-state index is 13.4. The molecule has 0 atom stereocenters. The van der Waals surface area contributed by atoms with Crippen molar-refractivity contribution in [2.24, 2.45) is 0 Å². The van der Waals surface area contributed by atoms with Crippen LogP contribution in [0.5, 0.6) is 0 Å². The molecule has 0 bridgehead atoms. The topological polar surface area (TPSA) is 107 Å². The van der Waals surface area contributed by atoms with Crippen LogP contribution in [-0.4, -0.2) is 80.3 Å². The van der Waals surface area contributed by atoms with Crippen LogP contribution < -0.4 is 0 Å². The molecule has 1 saturated heterocycles. The molecule has 1 aromatic rings. The summed E-state index contributed by atoms with van der Waals surface area (Å²) in [5.74, 6) is -0.262. The van der Waals surface area contributed by atoms with Gasteiger partial charge in [-0.3, -0.25) is 4.79 Å². The van der Waals surface area contributed by atoms with E-state index in [1.165, 1.54) is 9.21 Å². The van der Waals surface area contributed by atoms with Gasteiger partial charge < -0.3 is 23.7 Å². The van der Waals surface area contributed by atoms with Gasteiger partial charge in [0.15, 0.2) is 0 Å². The average molecular weight is 548 g/mol. The van der Waals surface area contributed by atoms with Crippen LogP contribution in [0.1, 0.15) is 42.8 Å². The van der Waals surface area contributed by atoms with Crippen molar-refractivity contribution in [2.45, 2.75) is 53.2 Å². The first-order valence-corrected chi connectivity index (χ1v) is 14.6. The molecule has 0 unspecified atom stereocenters. The summed E-state index contributed by atoms with van der Waals surface area (Å²) < 4.78 is 46.1. The second-order valence-corrected chi connectivity index (χ2v) is 11.3. The van der Waals surface area contributed by atoms with Crippen molar-refractivity contribution in [1.82, 2.24) is 13.8 Å². The van der Waals surface area contributed by atoms with Crippen LogP contribution in [-0.2, 0) is 55.0 Å². The zero-order valence-electron chi connectivity index (χ0n) is 22.4. The molecule has 0 N–H and O–H groups in total. The Kier molecular flexibility index (Phi) is 9.11. The van der Waals surface area contributed by atoms with E-state index in [1.54, 1.807) is 26.0 Å². The van der Waals surface area contributed by atoms with Crippen molar-refractivity contribution in [3.8, 4) is 0 Å². The van der Waals surface area contributed by atoms with Crippen LogP contribution in [0.15, 0.2) is 34.8 Å². The van der Waals surface area contributed by atoms with Gasteiger partial charge in [0.1, 0.15) is 6.54 Å². The Hall–Kier alpha value is -2.89. The molecule has 0 radical (unpaired) electrons. The number of fused-ring (bicyclic) bond motifs is 1. The summed E-state index contributed by atoms with van der Waals surface area (Å²) in [5, 5.41) is 0. The highest BCUT2D eigenvalue weighted by atomic mass is 32.2. The summed E-state index contributed by atoms with van der Waals surface area (Å²) in [5.41, 5.74) is 5.34. The molecular formula is C27H37N3O7S. The molecule has 1 aliphatic carbocycles. The number of ether oxygens (including phenoxy) is 3. The van der Waals surface area contributed by atoms with Gasteiger partial charge in [0.25, 0.3) is 0 Å². The highest BCUT2D eigenvalue weighted by molar-refractivity contribution is 7.93. The minimum absolute atomic E-state index is 0.171. The van der Waals surface area contributed by atoms with Crippen LogP contribution >= 0.6 is 0 Å². The van der Waals surface area contributed by atoms with Crippen molar-refractivity contribution in [3.63, 3.8) is 0 Å². The van der Waals surface area contributed by atoms with Crippen molar-refractivity contribution < 1.29 is 32.2 Å². The quantitative estimate of drug-likeness (QED) is 0.461. The minimum atomic E-state index is -3.68. The lowest BCUT2D eigenvalue weighted by atomic mass is 9.98. The number of sulfonamides is 1.